The third-order valence-corrected chi connectivity index (χ3v) is 3.79. The summed E-state index contributed by atoms with van der Waals surface area (Å²) in [5, 5.41) is 22.0. The van der Waals surface area contributed by atoms with E-state index < -0.39 is 16.6 Å². The topological polar surface area (TPSA) is 96.2 Å². The van der Waals surface area contributed by atoms with Gasteiger partial charge in [-0.05, 0) is 22.8 Å². The molecule has 3 aromatic rings. The monoisotopic (exact) mass is 345 g/mol. The Morgan fingerprint density at radius 3 is 2.23 bits per heavy atom. The number of carboxylic acid groups (broad SMARTS) is 1. The molecular formula is C20H13N2O4-. The number of benzene rings is 2. The molecule has 0 saturated carbocycles. The average molecular weight is 345 g/mol. The molecule has 6 nitrogen and oxygen atoms in total. The standard InChI is InChI=1S/C20H14N2O4/c23-20(24)18-12-17(22(25)26)13-21-19(18)11-8-14-6-9-16(10-7-14)15-4-2-1-3-5-15/h1-13H,(H,23,24)/p-1/b11-8+. The number of carbonyl (C=O) groups excluding carboxylic acids is 1. The van der Waals surface area contributed by atoms with Gasteiger partial charge >= 0.3 is 0 Å². The van der Waals surface area contributed by atoms with Crippen LogP contribution in [-0.2, 0) is 0 Å². The molecular weight excluding hydrogens is 332 g/mol. The molecule has 0 saturated heterocycles. The second-order valence-corrected chi connectivity index (χ2v) is 5.49. The number of rotatable bonds is 5. The highest BCUT2D eigenvalue weighted by atomic mass is 16.6. The van der Waals surface area contributed by atoms with E-state index in [0.717, 1.165) is 29.0 Å². The molecule has 1 heterocycles. The summed E-state index contributed by atoms with van der Waals surface area (Å²) in [7, 11) is 0. The fourth-order valence-corrected chi connectivity index (χ4v) is 2.45. The van der Waals surface area contributed by atoms with Crippen molar-refractivity contribution in [1.82, 2.24) is 4.98 Å². The first kappa shape index (κ1) is 17.0. The van der Waals surface area contributed by atoms with Crippen molar-refractivity contribution < 1.29 is 14.8 Å². The lowest BCUT2D eigenvalue weighted by Gasteiger charge is -2.06. The summed E-state index contributed by atoms with van der Waals surface area (Å²) in [6.07, 6.45) is 4.20. The smallest absolute Gasteiger partial charge is 0.288 e. The highest BCUT2D eigenvalue weighted by Crippen LogP contribution is 2.21. The molecule has 1 aromatic heterocycles. The van der Waals surface area contributed by atoms with Crippen molar-refractivity contribution in [2.45, 2.75) is 0 Å². The molecule has 0 unspecified atom stereocenters. The van der Waals surface area contributed by atoms with Crippen LogP contribution in [0.25, 0.3) is 23.3 Å². The lowest BCUT2D eigenvalue weighted by Crippen LogP contribution is -2.23. The van der Waals surface area contributed by atoms with Crippen molar-refractivity contribution in [2.75, 3.05) is 0 Å². The van der Waals surface area contributed by atoms with E-state index in [2.05, 4.69) is 4.98 Å². The van der Waals surface area contributed by atoms with Crippen LogP contribution in [0, 0.1) is 10.1 Å². The quantitative estimate of drug-likeness (QED) is 0.522. The third kappa shape index (κ3) is 3.81. The summed E-state index contributed by atoms with van der Waals surface area (Å²) in [5.74, 6) is -1.51. The van der Waals surface area contributed by atoms with Crippen molar-refractivity contribution in [3.05, 3.63) is 93.8 Å². The third-order valence-electron chi connectivity index (χ3n) is 3.79. The van der Waals surface area contributed by atoms with Gasteiger partial charge in [0.1, 0.15) is 6.20 Å². The molecule has 0 fully saturated rings. The van der Waals surface area contributed by atoms with Gasteiger partial charge in [0.25, 0.3) is 5.69 Å². The zero-order valence-corrected chi connectivity index (χ0v) is 13.5. The van der Waals surface area contributed by atoms with E-state index in [9.17, 15) is 20.0 Å². The predicted octanol–water partition coefficient (Wildman–Crippen LogP) is 3.19. The van der Waals surface area contributed by atoms with Gasteiger partial charge < -0.3 is 9.90 Å². The van der Waals surface area contributed by atoms with E-state index >= 15 is 0 Å². The van der Waals surface area contributed by atoms with Crippen molar-refractivity contribution >= 4 is 23.8 Å². The molecule has 0 bridgehead atoms. The Labute approximate surface area is 149 Å². The van der Waals surface area contributed by atoms with Crippen molar-refractivity contribution in [3.63, 3.8) is 0 Å². The maximum absolute atomic E-state index is 11.2. The molecule has 0 amide bonds. The number of hydrogen-bond acceptors (Lipinski definition) is 5. The molecule has 128 valence electrons. The maximum Gasteiger partial charge on any atom is 0.288 e. The van der Waals surface area contributed by atoms with Gasteiger partial charge in [-0.15, -0.1) is 0 Å². The zero-order valence-electron chi connectivity index (χ0n) is 13.5. The van der Waals surface area contributed by atoms with Crippen molar-refractivity contribution in [2.24, 2.45) is 0 Å². The van der Waals surface area contributed by atoms with Crippen LogP contribution in [0.3, 0.4) is 0 Å². The van der Waals surface area contributed by atoms with Gasteiger partial charge in [0, 0.05) is 11.6 Å². The number of hydrogen-bond donors (Lipinski definition) is 0. The summed E-state index contributed by atoms with van der Waals surface area (Å²) in [5.41, 5.74) is 2.38. The molecule has 0 radical (unpaired) electrons. The molecule has 0 aliphatic carbocycles. The molecule has 0 atom stereocenters. The Hall–Kier alpha value is -3.80. The van der Waals surface area contributed by atoms with Crippen LogP contribution in [0.5, 0.6) is 0 Å². The van der Waals surface area contributed by atoms with E-state index in [1.54, 1.807) is 6.08 Å². The minimum Gasteiger partial charge on any atom is -0.545 e. The van der Waals surface area contributed by atoms with Crippen LogP contribution >= 0.6 is 0 Å². The number of aromatic carboxylic acids is 1. The first-order valence-corrected chi connectivity index (χ1v) is 7.74. The summed E-state index contributed by atoms with van der Waals surface area (Å²) in [4.78, 5) is 25.1. The minimum atomic E-state index is -1.51. The SMILES string of the molecule is O=C([O-])c1cc([N+](=O)[O-])cnc1/C=C/c1ccc(-c2ccccc2)cc1. The van der Waals surface area contributed by atoms with Gasteiger partial charge in [-0.25, -0.2) is 4.98 Å². The van der Waals surface area contributed by atoms with Gasteiger partial charge in [0.15, 0.2) is 0 Å². The first-order chi connectivity index (χ1) is 12.5. The zero-order chi connectivity index (χ0) is 18.5. The summed E-state index contributed by atoms with van der Waals surface area (Å²) in [6.45, 7) is 0. The Morgan fingerprint density at radius 2 is 1.62 bits per heavy atom. The molecule has 3 rings (SSSR count). The number of nitrogens with zero attached hydrogens (tertiary/aromatic N) is 2. The molecule has 26 heavy (non-hydrogen) atoms. The Morgan fingerprint density at radius 1 is 0.962 bits per heavy atom. The van der Waals surface area contributed by atoms with Gasteiger partial charge in [-0.2, -0.15) is 0 Å². The van der Waals surface area contributed by atoms with Crippen LogP contribution in [0.2, 0.25) is 0 Å². The normalized spacial score (nSPS) is 10.8. The maximum atomic E-state index is 11.2. The first-order valence-electron chi connectivity index (χ1n) is 7.74. The fraction of sp³-hybridized carbons (Fsp3) is 0. The largest absolute Gasteiger partial charge is 0.545 e. The van der Waals surface area contributed by atoms with Crippen molar-refractivity contribution in [1.29, 1.82) is 0 Å². The van der Waals surface area contributed by atoms with E-state index in [1.165, 1.54) is 6.08 Å². The second-order valence-electron chi connectivity index (χ2n) is 5.49. The number of aromatic nitrogens is 1. The number of pyridine rings is 1. The van der Waals surface area contributed by atoms with Gasteiger partial charge in [0.2, 0.25) is 0 Å². The lowest BCUT2D eigenvalue weighted by molar-refractivity contribution is -0.385. The molecule has 6 heteroatoms. The van der Waals surface area contributed by atoms with E-state index in [-0.39, 0.29) is 11.3 Å². The number of carbonyl (C=O) groups is 1. The Bertz CT molecular complexity index is 980. The number of nitro groups is 1. The highest BCUT2D eigenvalue weighted by molar-refractivity contribution is 5.91. The van der Waals surface area contributed by atoms with Crippen LogP contribution in [0.4, 0.5) is 5.69 Å². The van der Waals surface area contributed by atoms with E-state index in [1.807, 2.05) is 54.6 Å². The summed E-state index contributed by atoms with van der Waals surface area (Å²) >= 11 is 0. The Balaban J connectivity index is 1.86. The van der Waals surface area contributed by atoms with Gasteiger partial charge in [-0.3, -0.25) is 10.1 Å². The molecule has 0 aliphatic heterocycles. The minimum absolute atomic E-state index is 0.0998. The van der Waals surface area contributed by atoms with Crippen molar-refractivity contribution in [3.8, 4) is 11.1 Å². The molecule has 2 aromatic carbocycles. The summed E-state index contributed by atoms with van der Waals surface area (Å²) < 4.78 is 0. The Kier molecular flexibility index (Phi) is 4.85. The van der Waals surface area contributed by atoms with E-state index in [0.29, 0.717) is 0 Å². The van der Waals surface area contributed by atoms with Crippen LogP contribution in [0.1, 0.15) is 21.6 Å². The van der Waals surface area contributed by atoms with Gasteiger partial charge in [0.05, 0.1) is 16.6 Å². The highest BCUT2D eigenvalue weighted by Gasteiger charge is 2.11. The van der Waals surface area contributed by atoms with Gasteiger partial charge in [-0.1, -0.05) is 60.7 Å². The average Bonchev–Trinajstić information content (AvgIpc) is 2.67. The predicted molar refractivity (Wildman–Crippen MR) is 96.0 cm³/mol. The lowest BCUT2D eigenvalue weighted by atomic mass is 10.0. The second kappa shape index (κ2) is 7.40. The number of carboxylic acids is 1. The van der Waals surface area contributed by atoms with Crippen LogP contribution in [-0.4, -0.2) is 15.9 Å². The van der Waals surface area contributed by atoms with Crippen LogP contribution in [0.15, 0.2) is 66.9 Å². The molecule has 0 N–H and O–H groups in total. The van der Waals surface area contributed by atoms with Crippen LogP contribution < -0.4 is 5.11 Å². The van der Waals surface area contributed by atoms with E-state index in [4.69, 9.17) is 0 Å². The molecule has 0 spiro atoms. The molecule has 0 aliphatic rings. The summed E-state index contributed by atoms with van der Waals surface area (Å²) in [6, 6.07) is 18.5. The fourth-order valence-electron chi connectivity index (χ4n) is 2.45.